The first kappa shape index (κ1) is 21.6. The Kier molecular flexibility index (Phi) is 5.42. The number of ether oxygens (including phenoxy) is 1. The highest BCUT2D eigenvalue weighted by atomic mass is 79.9. The zero-order valence-corrected chi connectivity index (χ0v) is 19.5. The Balaban J connectivity index is 1.54. The second-order valence-corrected chi connectivity index (χ2v) is 9.35. The molecule has 5 rings (SSSR count). The molecule has 1 saturated heterocycles. The van der Waals surface area contributed by atoms with Crippen LogP contribution in [-0.4, -0.2) is 35.4 Å². The smallest absolute Gasteiger partial charge is 0.256 e. The van der Waals surface area contributed by atoms with Crippen molar-refractivity contribution in [2.75, 3.05) is 18.9 Å². The van der Waals surface area contributed by atoms with Crippen molar-refractivity contribution in [3.05, 3.63) is 104 Å². The Hall–Kier alpha value is -3.23. The third kappa shape index (κ3) is 3.41. The fourth-order valence-electron chi connectivity index (χ4n) is 5.22. The van der Waals surface area contributed by atoms with E-state index >= 15 is 0 Å². The highest BCUT2D eigenvalue weighted by molar-refractivity contribution is 9.10. The number of nitro groups is 1. The number of carbonyl (C=O) groups excluding carboxylic acids is 1. The average Bonchev–Trinajstić information content (AvgIpc) is 3.28. The summed E-state index contributed by atoms with van der Waals surface area (Å²) < 4.78 is 7.11. The lowest BCUT2D eigenvalue weighted by Gasteiger charge is -2.30. The van der Waals surface area contributed by atoms with Crippen molar-refractivity contribution in [2.24, 2.45) is 0 Å². The highest BCUT2D eigenvalue weighted by Crippen LogP contribution is 2.52. The molecule has 3 atom stereocenters. The molecular formula is C25H22BrN3O4. The molecule has 33 heavy (non-hydrogen) atoms. The number of nitrogens with zero attached hydrogens (tertiary/aromatic N) is 2. The summed E-state index contributed by atoms with van der Waals surface area (Å²) in [5.41, 5.74) is 1.63. The monoisotopic (exact) mass is 507 g/mol. The van der Waals surface area contributed by atoms with Crippen LogP contribution in [0.3, 0.4) is 0 Å². The van der Waals surface area contributed by atoms with Crippen LogP contribution in [0.15, 0.2) is 77.3 Å². The molecule has 3 aromatic carbocycles. The summed E-state index contributed by atoms with van der Waals surface area (Å²) in [6, 6.07) is 21.3. The third-order valence-corrected chi connectivity index (χ3v) is 7.20. The highest BCUT2D eigenvalue weighted by Gasteiger charge is 2.68. The van der Waals surface area contributed by atoms with Gasteiger partial charge in [0, 0.05) is 32.8 Å². The lowest BCUT2D eigenvalue weighted by molar-refractivity contribution is -0.534. The van der Waals surface area contributed by atoms with Crippen LogP contribution in [0.1, 0.15) is 22.6 Å². The van der Waals surface area contributed by atoms with Crippen molar-refractivity contribution in [3.63, 3.8) is 0 Å². The molecule has 1 amide bonds. The first-order valence-corrected chi connectivity index (χ1v) is 11.4. The molecule has 0 unspecified atom stereocenters. The van der Waals surface area contributed by atoms with Gasteiger partial charge >= 0.3 is 0 Å². The number of nitrogens with one attached hydrogen (secondary N) is 1. The average molecular weight is 508 g/mol. The van der Waals surface area contributed by atoms with Crippen LogP contribution in [0.5, 0.6) is 5.75 Å². The van der Waals surface area contributed by atoms with E-state index in [1.807, 2.05) is 65.6 Å². The van der Waals surface area contributed by atoms with Gasteiger partial charge in [0.15, 0.2) is 5.54 Å². The molecule has 2 heterocycles. The van der Waals surface area contributed by atoms with Crippen LogP contribution < -0.4 is 10.1 Å². The summed E-state index contributed by atoms with van der Waals surface area (Å²) in [5.74, 6) is -0.291. The van der Waals surface area contributed by atoms with Crippen LogP contribution >= 0.6 is 15.9 Å². The molecule has 0 bridgehead atoms. The van der Waals surface area contributed by atoms with Crippen LogP contribution in [0, 0.1) is 10.1 Å². The Morgan fingerprint density at radius 3 is 2.58 bits per heavy atom. The number of amides is 1. The fraction of sp³-hybridized carbons (Fsp3) is 0.240. The molecule has 168 valence electrons. The number of halogens is 1. The lowest BCUT2D eigenvalue weighted by atomic mass is 9.79. The number of anilines is 1. The first-order chi connectivity index (χ1) is 15.9. The van der Waals surface area contributed by atoms with Crippen LogP contribution in [0.25, 0.3) is 0 Å². The number of carbonyl (C=O) groups is 1. The maximum absolute atomic E-state index is 13.3. The van der Waals surface area contributed by atoms with Gasteiger partial charge in [0.2, 0.25) is 0 Å². The van der Waals surface area contributed by atoms with E-state index in [9.17, 15) is 14.9 Å². The molecule has 7 nitrogen and oxygen atoms in total. The van der Waals surface area contributed by atoms with Crippen LogP contribution in [-0.2, 0) is 16.9 Å². The quantitative estimate of drug-likeness (QED) is 0.404. The Bertz CT molecular complexity index is 1230. The minimum absolute atomic E-state index is 0.304. The third-order valence-electron chi connectivity index (χ3n) is 6.67. The molecule has 2 aliphatic heterocycles. The molecule has 0 radical (unpaired) electrons. The summed E-state index contributed by atoms with van der Waals surface area (Å²) >= 11 is 3.43. The van der Waals surface area contributed by atoms with Gasteiger partial charge in [0.05, 0.1) is 5.92 Å². The zero-order valence-electron chi connectivity index (χ0n) is 17.9. The van der Waals surface area contributed by atoms with Gasteiger partial charge in [0.1, 0.15) is 12.4 Å². The summed E-state index contributed by atoms with van der Waals surface area (Å²) in [6.07, 6.45) is 0. The van der Waals surface area contributed by atoms with Crippen molar-refractivity contribution in [1.29, 1.82) is 0 Å². The van der Waals surface area contributed by atoms with Crippen molar-refractivity contribution in [1.82, 2.24) is 4.90 Å². The van der Waals surface area contributed by atoms with Gasteiger partial charge in [-0.3, -0.25) is 19.8 Å². The molecule has 1 fully saturated rings. The molecular weight excluding hydrogens is 486 g/mol. The number of hydrogen-bond acceptors (Lipinski definition) is 5. The van der Waals surface area contributed by atoms with E-state index in [2.05, 4.69) is 21.2 Å². The lowest BCUT2D eigenvalue weighted by Crippen LogP contribution is -2.54. The van der Waals surface area contributed by atoms with Gasteiger partial charge in [-0.15, -0.1) is 0 Å². The Morgan fingerprint density at radius 1 is 1.12 bits per heavy atom. The summed E-state index contributed by atoms with van der Waals surface area (Å²) in [5, 5.41) is 15.4. The molecule has 0 saturated carbocycles. The minimum atomic E-state index is -1.37. The molecule has 8 heteroatoms. The van der Waals surface area contributed by atoms with Gasteiger partial charge in [-0.1, -0.05) is 64.5 Å². The van der Waals surface area contributed by atoms with Gasteiger partial charge in [-0.05, 0) is 36.9 Å². The standard InChI is InChI=1S/C25H22BrN3O4/c1-28-14-19(18-6-2-5-9-22(18)33-15-16-10-12-17(26)13-11-16)23(29(31)32)25(28)20-7-3-4-8-21(20)27-24(25)30/h2-13,19,23H,14-15H2,1H3,(H,27,30)/t19-,23-,25-/m1/s1. The summed E-state index contributed by atoms with van der Waals surface area (Å²) in [4.78, 5) is 27.3. The van der Waals surface area contributed by atoms with Crippen molar-refractivity contribution < 1.29 is 14.5 Å². The SMILES string of the molecule is CN1C[C@H](c2ccccc2OCc2ccc(Br)cc2)[C@@H]([N+](=O)[O-])[C@]12C(=O)Nc1ccccc12. The van der Waals surface area contributed by atoms with Crippen molar-refractivity contribution in [2.45, 2.75) is 24.1 Å². The van der Waals surface area contributed by atoms with E-state index in [0.717, 1.165) is 15.6 Å². The van der Waals surface area contributed by atoms with E-state index in [4.69, 9.17) is 4.74 Å². The summed E-state index contributed by atoms with van der Waals surface area (Å²) in [6.45, 7) is 0.691. The van der Waals surface area contributed by atoms with E-state index in [1.54, 1.807) is 19.2 Å². The van der Waals surface area contributed by atoms with Crippen LogP contribution in [0.2, 0.25) is 0 Å². The number of hydrogen-bond donors (Lipinski definition) is 1. The molecule has 3 aromatic rings. The van der Waals surface area contributed by atoms with E-state index in [0.29, 0.717) is 30.2 Å². The molecule has 2 aliphatic rings. The second-order valence-electron chi connectivity index (χ2n) is 8.44. The van der Waals surface area contributed by atoms with Gasteiger partial charge in [0.25, 0.3) is 11.9 Å². The number of para-hydroxylation sites is 2. The second kappa shape index (κ2) is 8.28. The topological polar surface area (TPSA) is 84.7 Å². The maximum Gasteiger partial charge on any atom is 0.256 e. The predicted octanol–water partition coefficient (Wildman–Crippen LogP) is 4.55. The number of fused-ring (bicyclic) bond motifs is 2. The minimum Gasteiger partial charge on any atom is -0.489 e. The number of likely N-dealkylation sites (tertiary alicyclic amines) is 1. The zero-order chi connectivity index (χ0) is 23.2. The summed E-state index contributed by atoms with van der Waals surface area (Å²) in [7, 11) is 1.78. The Labute approximate surface area is 199 Å². The van der Waals surface area contributed by atoms with E-state index < -0.39 is 17.5 Å². The first-order valence-electron chi connectivity index (χ1n) is 10.6. The normalized spacial score (nSPS) is 24.0. The largest absolute Gasteiger partial charge is 0.489 e. The van der Waals surface area contributed by atoms with Crippen molar-refractivity contribution in [3.8, 4) is 5.75 Å². The molecule has 0 aliphatic carbocycles. The van der Waals surface area contributed by atoms with Crippen LogP contribution in [0.4, 0.5) is 5.69 Å². The van der Waals surface area contributed by atoms with E-state index in [1.165, 1.54) is 0 Å². The molecule has 1 N–H and O–H groups in total. The van der Waals surface area contributed by atoms with E-state index in [-0.39, 0.29) is 10.8 Å². The molecule has 0 aromatic heterocycles. The number of benzene rings is 3. The number of rotatable bonds is 5. The predicted molar refractivity (Wildman–Crippen MR) is 128 cm³/mol. The van der Waals surface area contributed by atoms with Crippen molar-refractivity contribution >= 4 is 27.5 Å². The Morgan fingerprint density at radius 2 is 1.82 bits per heavy atom. The fourth-order valence-corrected chi connectivity index (χ4v) is 5.49. The maximum atomic E-state index is 13.3. The molecule has 1 spiro atoms. The van der Waals surface area contributed by atoms with Gasteiger partial charge in [-0.2, -0.15) is 0 Å². The van der Waals surface area contributed by atoms with Gasteiger partial charge < -0.3 is 10.1 Å². The van der Waals surface area contributed by atoms with Gasteiger partial charge in [-0.25, -0.2) is 0 Å². The number of likely N-dealkylation sites (N-methyl/N-ethyl adjacent to an activating group) is 1.